The molecule has 1 atom stereocenters. The van der Waals surface area contributed by atoms with Gasteiger partial charge in [-0.1, -0.05) is 55.6 Å². The fourth-order valence-corrected chi connectivity index (χ4v) is 4.99. The van der Waals surface area contributed by atoms with Crippen LogP contribution in [0.2, 0.25) is 5.02 Å². The lowest BCUT2D eigenvalue weighted by molar-refractivity contribution is 0.559. The second kappa shape index (κ2) is 7.36. The highest BCUT2D eigenvalue weighted by molar-refractivity contribution is 7.92. The average molecular weight is 379 g/mol. The summed E-state index contributed by atoms with van der Waals surface area (Å²) in [4.78, 5) is 0.270. The summed E-state index contributed by atoms with van der Waals surface area (Å²) in [5.41, 5.74) is 2.41. The first-order valence-electron chi connectivity index (χ1n) is 8.57. The number of fused-ring (bicyclic) bond motifs is 2. The van der Waals surface area contributed by atoms with Gasteiger partial charge in [0.2, 0.25) is 0 Å². The zero-order chi connectivity index (χ0) is 18.0. The lowest BCUT2D eigenvalue weighted by atomic mass is 9.96. The van der Waals surface area contributed by atoms with Crippen LogP contribution in [0.1, 0.15) is 43.4 Å². The van der Waals surface area contributed by atoms with E-state index in [4.69, 9.17) is 11.6 Å². The molecule has 0 fully saturated rings. The Labute approximate surface area is 154 Å². The van der Waals surface area contributed by atoms with E-state index in [9.17, 15) is 8.42 Å². The van der Waals surface area contributed by atoms with Crippen LogP contribution in [0.15, 0.2) is 47.4 Å². The van der Waals surface area contributed by atoms with Crippen LogP contribution in [0.3, 0.4) is 0 Å². The normalized spacial score (nSPS) is 18.4. The lowest BCUT2D eigenvalue weighted by Gasteiger charge is -2.22. The third-order valence-corrected chi connectivity index (χ3v) is 6.70. The fourth-order valence-electron chi connectivity index (χ4n) is 3.27. The van der Waals surface area contributed by atoms with Gasteiger partial charge in [0.15, 0.2) is 0 Å². The van der Waals surface area contributed by atoms with E-state index in [2.05, 4.69) is 12.2 Å². The van der Waals surface area contributed by atoms with Crippen LogP contribution in [-0.4, -0.2) is 22.0 Å². The number of hydrogen-bond acceptors (Lipinski definition) is 3. The molecule has 0 radical (unpaired) electrons. The number of nitrogens with one attached hydrogen (secondary N) is 1. The molecule has 0 bridgehead atoms. The van der Waals surface area contributed by atoms with E-state index in [0.717, 1.165) is 36.9 Å². The van der Waals surface area contributed by atoms with Crippen LogP contribution in [-0.2, 0) is 10.0 Å². The van der Waals surface area contributed by atoms with Gasteiger partial charge in [0, 0.05) is 12.1 Å². The highest BCUT2D eigenvalue weighted by atomic mass is 35.5. The summed E-state index contributed by atoms with van der Waals surface area (Å²) in [6.45, 7) is 3.00. The summed E-state index contributed by atoms with van der Waals surface area (Å²) < 4.78 is 27.6. The number of benzene rings is 2. The number of hydrogen-bond donors (Lipinski definition) is 1. The van der Waals surface area contributed by atoms with Crippen LogP contribution in [0.25, 0.3) is 0 Å². The van der Waals surface area contributed by atoms with Crippen molar-refractivity contribution < 1.29 is 8.42 Å². The minimum absolute atomic E-state index is 0.181. The van der Waals surface area contributed by atoms with Gasteiger partial charge in [-0.2, -0.15) is 0 Å². The van der Waals surface area contributed by atoms with Crippen LogP contribution >= 0.6 is 11.6 Å². The number of anilines is 1. The average Bonchev–Trinajstić information content (AvgIpc) is 2.67. The molecule has 1 aliphatic rings. The number of nitrogens with zero attached hydrogens (tertiary/aromatic N) is 1. The number of halogens is 1. The van der Waals surface area contributed by atoms with Crippen molar-refractivity contribution in [3.05, 3.63) is 58.6 Å². The van der Waals surface area contributed by atoms with E-state index in [1.165, 1.54) is 4.31 Å². The van der Waals surface area contributed by atoms with Crippen molar-refractivity contribution >= 4 is 27.3 Å². The van der Waals surface area contributed by atoms with E-state index in [-0.39, 0.29) is 10.9 Å². The van der Waals surface area contributed by atoms with E-state index >= 15 is 0 Å². The molecule has 1 heterocycles. The van der Waals surface area contributed by atoms with Gasteiger partial charge in [0.05, 0.1) is 16.6 Å². The number of sulfonamides is 1. The molecule has 25 heavy (non-hydrogen) atoms. The van der Waals surface area contributed by atoms with Crippen LogP contribution < -0.4 is 9.62 Å². The first-order valence-corrected chi connectivity index (χ1v) is 10.4. The minimum atomic E-state index is -3.65. The van der Waals surface area contributed by atoms with Crippen molar-refractivity contribution in [3.8, 4) is 0 Å². The third-order valence-electron chi connectivity index (χ3n) is 4.64. The molecule has 0 saturated carbocycles. The summed E-state index contributed by atoms with van der Waals surface area (Å²) in [5, 5.41) is 3.98. The van der Waals surface area contributed by atoms with Gasteiger partial charge in [0.1, 0.15) is 0 Å². The Balaban J connectivity index is 2.15. The van der Waals surface area contributed by atoms with Crippen LogP contribution in [0.4, 0.5) is 5.69 Å². The maximum atomic E-state index is 13.1. The van der Waals surface area contributed by atoms with Crippen molar-refractivity contribution in [3.63, 3.8) is 0 Å². The van der Waals surface area contributed by atoms with Gasteiger partial charge >= 0.3 is 0 Å². The summed E-state index contributed by atoms with van der Waals surface area (Å²) in [6, 6.07) is 12.6. The maximum absolute atomic E-state index is 13.1. The topological polar surface area (TPSA) is 49.4 Å². The maximum Gasteiger partial charge on any atom is 0.264 e. The molecule has 4 nitrogen and oxygen atoms in total. The number of rotatable bonds is 5. The largest absolute Gasteiger partial charge is 0.306 e. The van der Waals surface area contributed by atoms with Crippen molar-refractivity contribution in [1.82, 2.24) is 5.32 Å². The molecule has 1 N–H and O–H groups in total. The highest BCUT2D eigenvalue weighted by Gasteiger charge is 2.34. The lowest BCUT2D eigenvalue weighted by Crippen LogP contribution is -2.26. The Morgan fingerprint density at radius 1 is 1.12 bits per heavy atom. The molecular weight excluding hydrogens is 356 g/mol. The quantitative estimate of drug-likeness (QED) is 0.787. The molecule has 0 amide bonds. The van der Waals surface area contributed by atoms with E-state index in [0.29, 0.717) is 10.7 Å². The summed E-state index contributed by atoms with van der Waals surface area (Å²) in [7, 11) is -2.06. The van der Waals surface area contributed by atoms with Gasteiger partial charge in [-0.25, -0.2) is 8.42 Å². The van der Waals surface area contributed by atoms with Gasteiger partial charge in [-0.3, -0.25) is 4.31 Å². The molecule has 6 heteroatoms. The molecule has 1 unspecified atom stereocenters. The van der Waals surface area contributed by atoms with Crippen LogP contribution in [0.5, 0.6) is 0 Å². The molecule has 3 rings (SSSR count). The predicted octanol–water partition coefficient (Wildman–Crippen LogP) is 4.35. The minimum Gasteiger partial charge on any atom is -0.306 e. The summed E-state index contributed by atoms with van der Waals surface area (Å²) in [5.74, 6) is 0. The van der Waals surface area contributed by atoms with E-state index < -0.39 is 10.0 Å². The van der Waals surface area contributed by atoms with Crippen LogP contribution in [0, 0.1) is 0 Å². The molecule has 134 valence electrons. The highest BCUT2D eigenvalue weighted by Crippen LogP contribution is 2.40. The standard InChI is InChI=1S/C19H23ClN2O2S/c1-3-4-7-12-21-19-15-8-5-6-9-17(15)22(2)25(23,24)18-13-14(20)10-11-16(18)19/h5-6,8-11,13,19,21H,3-4,7,12H2,1-2H3. The Hall–Kier alpha value is -1.56. The molecule has 0 aromatic heterocycles. The molecule has 0 aliphatic carbocycles. The molecule has 2 aromatic carbocycles. The fraction of sp³-hybridized carbons (Fsp3) is 0.368. The van der Waals surface area contributed by atoms with E-state index in [1.54, 1.807) is 19.2 Å². The Bertz CT molecular complexity index is 867. The molecular formula is C19H23ClN2O2S. The van der Waals surface area contributed by atoms with Crippen molar-refractivity contribution in [1.29, 1.82) is 0 Å². The zero-order valence-electron chi connectivity index (χ0n) is 14.5. The number of unbranched alkanes of at least 4 members (excludes halogenated alkanes) is 2. The van der Waals surface area contributed by atoms with Gasteiger partial charge in [-0.15, -0.1) is 0 Å². The Kier molecular flexibility index (Phi) is 5.37. The third kappa shape index (κ3) is 3.41. The molecule has 0 saturated heterocycles. The first kappa shape index (κ1) is 18.2. The second-order valence-electron chi connectivity index (χ2n) is 6.31. The smallest absolute Gasteiger partial charge is 0.264 e. The zero-order valence-corrected chi connectivity index (χ0v) is 16.1. The van der Waals surface area contributed by atoms with Crippen molar-refractivity contribution in [2.75, 3.05) is 17.9 Å². The predicted molar refractivity (Wildman–Crippen MR) is 103 cm³/mol. The monoisotopic (exact) mass is 378 g/mol. The summed E-state index contributed by atoms with van der Waals surface area (Å²) in [6.07, 6.45) is 3.35. The molecule has 1 aliphatic heterocycles. The second-order valence-corrected chi connectivity index (χ2v) is 8.68. The van der Waals surface area contributed by atoms with Gasteiger partial charge in [0.25, 0.3) is 10.0 Å². The van der Waals surface area contributed by atoms with Gasteiger partial charge < -0.3 is 5.32 Å². The van der Waals surface area contributed by atoms with Crippen molar-refractivity contribution in [2.45, 2.75) is 37.1 Å². The Morgan fingerprint density at radius 2 is 1.88 bits per heavy atom. The Morgan fingerprint density at radius 3 is 2.64 bits per heavy atom. The molecule has 0 spiro atoms. The van der Waals surface area contributed by atoms with E-state index in [1.807, 2.05) is 30.3 Å². The number of para-hydroxylation sites is 1. The van der Waals surface area contributed by atoms with Crippen molar-refractivity contribution in [2.24, 2.45) is 0 Å². The molecule has 2 aromatic rings. The SMILES string of the molecule is CCCCCNC1c2ccccc2N(C)S(=O)(=O)c2cc(Cl)ccc21. The summed E-state index contributed by atoms with van der Waals surface area (Å²) >= 11 is 6.11. The van der Waals surface area contributed by atoms with Gasteiger partial charge in [-0.05, 0) is 42.3 Å². The first-order chi connectivity index (χ1) is 12.0.